The number of amides is 2. The third-order valence-electron chi connectivity index (χ3n) is 6.50. The van der Waals surface area contributed by atoms with Crippen molar-refractivity contribution in [2.24, 2.45) is 0 Å². The molecule has 0 radical (unpaired) electrons. The van der Waals surface area contributed by atoms with Crippen LogP contribution in [-0.2, 0) is 4.79 Å². The summed E-state index contributed by atoms with van der Waals surface area (Å²) in [5.41, 5.74) is 0.623. The van der Waals surface area contributed by atoms with Crippen LogP contribution in [0.1, 0.15) is 36.5 Å². The first-order chi connectivity index (χ1) is 17.4. The van der Waals surface area contributed by atoms with Gasteiger partial charge in [-0.2, -0.15) is 0 Å². The predicted molar refractivity (Wildman–Crippen MR) is 145 cm³/mol. The maximum Gasteiger partial charge on any atom is 0.254 e. The number of benzene rings is 1. The van der Waals surface area contributed by atoms with Crippen LogP contribution in [0.3, 0.4) is 0 Å². The molecule has 1 unspecified atom stereocenters. The van der Waals surface area contributed by atoms with Crippen LogP contribution in [-0.4, -0.2) is 89.2 Å². The Bertz CT molecular complexity index is 1050. The Morgan fingerprint density at radius 2 is 1.81 bits per heavy atom. The van der Waals surface area contributed by atoms with Crippen molar-refractivity contribution in [3.8, 4) is 0 Å². The Hall–Kier alpha value is -2.07. The number of piperazine rings is 1. The van der Waals surface area contributed by atoms with Gasteiger partial charge in [0.25, 0.3) is 5.91 Å². The number of anilines is 1. The summed E-state index contributed by atoms with van der Waals surface area (Å²) in [6.07, 6.45) is 3.78. The van der Waals surface area contributed by atoms with Crippen LogP contribution in [0.25, 0.3) is 0 Å². The van der Waals surface area contributed by atoms with E-state index in [1.807, 2.05) is 11.8 Å². The number of hydrogen-bond acceptors (Lipinski definition) is 7. The smallest absolute Gasteiger partial charge is 0.254 e. The molecular formula is C25H32Cl2N6O2S. The molecule has 1 N–H and O–H groups in total. The van der Waals surface area contributed by atoms with E-state index < -0.39 is 0 Å². The van der Waals surface area contributed by atoms with Crippen LogP contribution in [0.2, 0.25) is 10.2 Å². The summed E-state index contributed by atoms with van der Waals surface area (Å²) in [7, 11) is 0. The van der Waals surface area contributed by atoms with Gasteiger partial charge in [0.05, 0.1) is 5.75 Å². The molecule has 2 aliphatic heterocycles. The number of carbonyl (C=O) groups excluding carboxylic acids is 2. The average molecular weight is 552 g/mol. The Balaban J connectivity index is 1.28. The lowest BCUT2D eigenvalue weighted by atomic mass is 10.1. The second-order valence-corrected chi connectivity index (χ2v) is 10.9. The Labute approximate surface area is 226 Å². The maximum atomic E-state index is 13.0. The van der Waals surface area contributed by atoms with Crippen molar-refractivity contribution < 1.29 is 9.59 Å². The van der Waals surface area contributed by atoms with Gasteiger partial charge in [0.15, 0.2) is 5.16 Å². The first-order valence-corrected chi connectivity index (χ1v) is 14.1. The van der Waals surface area contributed by atoms with Crippen molar-refractivity contribution in [1.82, 2.24) is 25.1 Å². The number of aromatic nitrogens is 2. The minimum absolute atomic E-state index is 0.0120. The number of hydrogen-bond donors (Lipinski definition) is 1. The zero-order chi connectivity index (χ0) is 25.5. The van der Waals surface area contributed by atoms with Crippen LogP contribution in [0, 0.1) is 0 Å². The lowest BCUT2D eigenvalue weighted by Gasteiger charge is -2.40. The van der Waals surface area contributed by atoms with E-state index in [0.29, 0.717) is 52.9 Å². The highest BCUT2D eigenvalue weighted by Gasteiger charge is 2.29. The van der Waals surface area contributed by atoms with E-state index in [-0.39, 0.29) is 23.6 Å². The molecule has 8 nitrogen and oxygen atoms in total. The largest absolute Gasteiger partial charge is 0.354 e. The number of likely N-dealkylation sites (tertiary alicyclic amines) is 1. The summed E-state index contributed by atoms with van der Waals surface area (Å²) in [4.78, 5) is 40.6. The van der Waals surface area contributed by atoms with E-state index >= 15 is 0 Å². The van der Waals surface area contributed by atoms with Crippen molar-refractivity contribution in [3.05, 3.63) is 46.1 Å². The van der Waals surface area contributed by atoms with Crippen molar-refractivity contribution >= 4 is 52.6 Å². The summed E-state index contributed by atoms with van der Waals surface area (Å²) in [6, 6.07) is 8.67. The van der Waals surface area contributed by atoms with E-state index in [2.05, 4.69) is 25.1 Å². The molecule has 2 fully saturated rings. The fraction of sp³-hybridized carbons (Fsp3) is 0.520. The van der Waals surface area contributed by atoms with Crippen LogP contribution >= 0.6 is 35.0 Å². The summed E-state index contributed by atoms with van der Waals surface area (Å²) in [5.74, 6) is 0.889. The Morgan fingerprint density at radius 1 is 1.06 bits per heavy atom. The first-order valence-electron chi connectivity index (χ1n) is 12.4. The van der Waals surface area contributed by atoms with Crippen molar-refractivity contribution in [1.29, 1.82) is 0 Å². The fourth-order valence-electron chi connectivity index (χ4n) is 4.56. The first kappa shape index (κ1) is 27.0. The molecule has 2 saturated heterocycles. The predicted octanol–water partition coefficient (Wildman–Crippen LogP) is 3.83. The van der Waals surface area contributed by atoms with E-state index in [9.17, 15) is 9.59 Å². The highest BCUT2D eigenvalue weighted by atomic mass is 35.5. The maximum absolute atomic E-state index is 13.0. The van der Waals surface area contributed by atoms with Crippen LogP contribution in [0.15, 0.2) is 35.5 Å². The van der Waals surface area contributed by atoms with Crippen molar-refractivity contribution in [2.45, 2.75) is 37.4 Å². The summed E-state index contributed by atoms with van der Waals surface area (Å²) in [5, 5.41) is 4.39. The second kappa shape index (κ2) is 12.9. The van der Waals surface area contributed by atoms with Gasteiger partial charge in [0.1, 0.15) is 11.0 Å². The number of piperidine rings is 1. The second-order valence-electron chi connectivity index (χ2n) is 9.17. The van der Waals surface area contributed by atoms with E-state index in [0.717, 1.165) is 19.6 Å². The molecule has 0 bridgehead atoms. The molecule has 2 aliphatic rings. The molecule has 4 rings (SSSR count). The zero-order valence-corrected chi connectivity index (χ0v) is 22.8. The summed E-state index contributed by atoms with van der Waals surface area (Å²) >= 11 is 13.5. The molecule has 11 heteroatoms. The molecule has 0 spiro atoms. The lowest BCUT2D eigenvalue weighted by molar-refractivity contribution is -0.118. The third kappa shape index (κ3) is 7.47. The van der Waals surface area contributed by atoms with Gasteiger partial charge in [-0.3, -0.25) is 9.59 Å². The fourth-order valence-corrected chi connectivity index (χ4v) is 5.59. The number of nitrogens with one attached hydrogen (secondary N) is 1. The normalized spacial score (nSPS) is 18.8. The van der Waals surface area contributed by atoms with E-state index in [4.69, 9.17) is 23.2 Å². The number of thioether (sulfide) groups is 1. The summed E-state index contributed by atoms with van der Waals surface area (Å²) in [6.45, 7) is 7.60. The standard InChI is InChI=1S/C25H32Cl2N6O2S/c1-18-16-32(13-14-33(18)24(35)19-5-7-20(26)8-6-19)22-15-21(27)29-25(30-22)36-17-23(34)28-9-12-31-10-3-2-4-11-31/h5-8,15,18H,2-4,9-14,16-17H2,1H3,(H,28,34). The Morgan fingerprint density at radius 3 is 2.53 bits per heavy atom. The molecule has 2 aromatic rings. The zero-order valence-electron chi connectivity index (χ0n) is 20.5. The number of rotatable bonds is 8. The van der Waals surface area contributed by atoms with Gasteiger partial charge in [0.2, 0.25) is 5.91 Å². The lowest BCUT2D eigenvalue weighted by Crippen LogP contribution is -2.54. The number of halogens is 2. The molecule has 3 heterocycles. The topological polar surface area (TPSA) is 81.7 Å². The molecule has 0 saturated carbocycles. The summed E-state index contributed by atoms with van der Waals surface area (Å²) < 4.78 is 0. The van der Waals surface area contributed by atoms with Crippen LogP contribution in [0.4, 0.5) is 5.82 Å². The molecule has 36 heavy (non-hydrogen) atoms. The monoisotopic (exact) mass is 550 g/mol. The van der Waals surface area contributed by atoms with Gasteiger partial charge in [-0.25, -0.2) is 9.97 Å². The molecule has 2 amide bonds. The minimum atomic E-state index is -0.0370. The molecule has 1 atom stereocenters. The van der Waals surface area contributed by atoms with Crippen molar-refractivity contribution in [2.75, 3.05) is 56.5 Å². The highest BCUT2D eigenvalue weighted by molar-refractivity contribution is 7.99. The molecule has 194 valence electrons. The highest BCUT2D eigenvalue weighted by Crippen LogP contribution is 2.25. The SMILES string of the molecule is CC1CN(c2cc(Cl)nc(SCC(=O)NCCN3CCCCC3)n2)CCN1C(=O)c1ccc(Cl)cc1. The molecule has 1 aromatic heterocycles. The van der Waals surface area contributed by atoms with Gasteiger partial charge >= 0.3 is 0 Å². The molecule has 1 aromatic carbocycles. The molecule has 0 aliphatic carbocycles. The van der Waals surface area contributed by atoms with Crippen LogP contribution < -0.4 is 10.2 Å². The van der Waals surface area contributed by atoms with Gasteiger partial charge < -0.3 is 20.0 Å². The van der Waals surface area contributed by atoms with E-state index in [1.54, 1.807) is 30.3 Å². The average Bonchev–Trinajstić information content (AvgIpc) is 2.88. The number of nitrogens with zero attached hydrogens (tertiary/aromatic N) is 5. The van der Waals surface area contributed by atoms with Crippen molar-refractivity contribution in [3.63, 3.8) is 0 Å². The quantitative estimate of drug-likeness (QED) is 0.304. The minimum Gasteiger partial charge on any atom is -0.354 e. The Kier molecular flexibility index (Phi) is 9.70. The molecular weight excluding hydrogens is 519 g/mol. The van der Waals surface area contributed by atoms with Gasteiger partial charge in [0, 0.05) is 55.4 Å². The van der Waals surface area contributed by atoms with Gasteiger partial charge in [-0.05, 0) is 57.1 Å². The van der Waals surface area contributed by atoms with Gasteiger partial charge in [-0.1, -0.05) is 41.4 Å². The third-order valence-corrected chi connectivity index (χ3v) is 7.79. The van der Waals surface area contributed by atoms with E-state index in [1.165, 1.54) is 31.0 Å². The van der Waals surface area contributed by atoms with Crippen LogP contribution in [0.5, 0.6) is 0 Å². The number of carbonyl (C=O) groups is 2. The van der Waals surface area contributed by atoms with Gasteiger partial charge in [-0.15, -0.1) is 0 Å².